The van der Waals surface area contributed by atoms with Crippen molar-refractivity contribution in [3.63, 3.8) is 0 Å². The molecule has 5 nitrogen and oxygen atoms in total. The second-order valence-corrected chi connectivity index (χ2v) is 5.31. The number of methoxy groups -OCH3 is 1. The van der Waals surface area contributed by atoms with Gasteiger partial charge in [-0.3, -0.25) is 14.9 Å². The van der Waals surface area contributed by atoms with Crippen molar-refractivity contribution in [2.75, 3.05) is 7.11 Å². The Morgan fingerprint density at radius 1 is 1.30 bits per heavy atom. The Morgan fingerprint density at radius 2 is 1.90 bits per heavy atom. The molecule has 2 rings (SSSR count). The summed E-state index contributed by atoms with van der Waals surface area (Å²) in [5.74, 6) is -1.01. The fourth-order valence-corrected chi connectivity index (χ4v) is 2.47. The first kappa shape index (κ1) is 14.2. The average Bonchev–Trinajstić information content (AvgIpc) is 2.71. The number of amides is 2. The Hall–Kier alpha value is -2.17. The van der Waals surface area contributed by atoms with Gasteiger partial charge in [-0.15, -0.1) is 0 Å². The molecule has 0 aromatic heterocycles. The molecule has 0 aliphatic carbocycles. The zero-order chi connectivity index (χ0) is 14.9. The SMILES string of the molecule is COC(=O)c1ccc([C@@H](C)[C@@]2(C)CC(=O)NC2=O)cc1. The van der Waals surface area contributed by atoms with Gasteiger partial charge in [-0.25, -0.2) is 4.79 Å². The average molecular weight is 275 g/mol. The molecule has 0 unspecified atom stereocenters. The molecular formula is C15H17NO4. The standard InChI is InChI=1S/C15H17NO4/c1-9(15(2)8-12(17)16-14(15)19)10-4-6-11(7-5-10)13(18)20-3/h4-7,9H,8H2,1-3H3,(H,16,17,19)/t9-,15-/m1/s1. The lowest BCUT2D eigenvalue weighted by Gasteiger charge is -2.28. The first-order valence-electron chi connectivity index (χ1n) is 6.41. The van der Waals surface area contributed by atoms with Gasteiger partial charge in [0.1, 0.15) is 0 Å². The monoisotopic (exact) mass is 275 g/mol. The van der Waals surface area contributed by atoms with E-state index in [-0.39, 0.29) is 24.2 Å². The van der Waals surface area contributed by atoms with E-state index in [1.807, 2.05) is 6.92 Å². The van der Waals surface area contributed by atoms with Crippen LogP contribution in [0.1, 0.15) is 42.1 Å². The number of imide groups is 1. The van der Waals surface area contributed by atoms with Gasteiger partial charge in [0, 0.05) is 6.42 Å². The molecule has 106 valence electrons. The highest BCUT2D eigenvalue weighted by atomic mass is 16.5. The van der Waals surface area contributed by atoms with E-state index in [1.165, 1.54) is 7.11 Å². The van der Waals surface area contributed by atoms with Gasteiger partial charge in [0.2, 0.25) is 11.8 Å². The summed E-state index contributed by atoms with van der Waals surface area (Å²) in [5.41, 5.74) is 0.620. The number of hydrogen-bond donors (Lipinski definition) is 1. The number of carbonyl (C=O) groups excluding carboxylic acids is 3. The van der Waals surface area contributed by atoms with Crippen LogP contribution >= 0.6 is 0 Å². The molecule has 1 aliphatic heterocycles. The van der Waals surface area contributed by atoms with E-state index in [9.17, 15) is 14.4 Å². The van der Waals surface area contributed by atoms with Crippen LogP contribution in [0.3, 0.4) is 0 Å². The van der Waals surface area contributed by atoms with E-state index in [0.717, 1.165) is 5.56 Å². The highest BCUT2D eigenvalue weighted by Crippen LogP contribution is 2.41. The molecule has 1 N–H and O–H groups in total. The van der Waals surface area contributed by atoms with Crippen LogP contribution in [-0.2, 0) is 14.3 Å². The predicted molar refractivity (Wildman–Crippen MR) is 72.1 cm³/mol. The second-order valence-electron chi connectivity index (χ2n) is 5.31. The molecule has 5 heteroatoms. The number of benzene rings is 1. The predicted octanol–water partition coefficient (Wildman–Crippen LogP) is 1.63. The normalized spacial score (nSPS) is 23.4. The number of nitrogens with one attached hydrogen (secondary N) is 1. The number of esters is 1. The fraction of sp³-hybridized carbons (Fsp3) is 0.400. The first-order chi connectivity index (χ1) is 9.38. The van der Waals surface area contributed by atoms with Crippen molar-refractivity contribution in [2.45, 2.75) is 26.2 Å². The first-order valence-corrected chi connectivity index (χ1v) is 6.41. The Morgan fingerprint density at radius 3 is 2.35 bits per heavy atom. The van der Waals surface area contributed by atoms with Crippen molar-refractivity contribution in [2.24, 2.45) is 5.41 Å². The summed E-state index contributed by atoms with van der Waals surface area (Å²) >= 11 is 0. The van der Waals surface area contributed by atoms with Crippen LogP contribution in [0.4, 0.5) is 0 Å². The highest BCUT2D eigenvalue weighted by Gasteiger charge is 2.46. The summed E-state index contributed by atoms with van der Waals surface area (Å²) < 4.78 is 4.64. The summed E-state index contributed by atoms with van der Waals surface area (Å²) in [4.78, 5) is 34.7. The third-order valence-corrected chi connectivity index (χ3v) is 4.09. The van der Waals surface area contributed by atoms with E-state index in [4.69, 9.17) is 0 Å². The number of hydrogen-bond acceptors (Lipinski definition) is 4. The maximum atomic E-state index is 11.9. The van der Waals surface area contributed by atoms with E-state index < -0.39 is 11.4 Å². The van der Waals surface area contributed by atoms with E-state index in [1.54, 1.807) is 31.2 Å². The molecule has 1 saturated heterocycles. The van der Waals surface area contributed by atoms with Gasteiger partial charge in [0.25, 0.3) is 0 Å². The van der Waals surface area contributed by atoms with Crippen molar-refractivity contribution in [3.05, 3.63) is 35.4 Å². The van der Waals surface area contributed by atoms with E-state index in [0.29, 0.717) is 5.56 Å². The van der Waals surface area contributed by atoms with Gasteiger partial charge in [0.15, 0.2) is 0 Å². The van der Waals surface area contributed by atoms with Crippen LogP contribution in [0.2, 0.25) is 0 Å². The van der Waals surface area contributed by atoms with Crippen LogP contribution in [0, 0.1) is 5.41 Å². The smallest absolute Gasteiger partial charge is 0.337 e. The van der Waals surface area contributed by atoms with Gasteiger partial charge in [-0.1, -0.05) is 19.1 Å². The summed E-state index contributed by atoms with van der Waals surface area (Å²) in [6, 6.07) is 6.90. The van der Waals surface area contributed by atoms with Crippen LogP contribution in [0.15, 0.2) is 24.3 Å². The summed E-state index contributed by atoms with van der Waals surface area (Å²) in [5, 5.41) is 2.34. The third kappa shape index (κ3) is 2.31. The van der Waals surface area contributed by atoms with Gasteiger partial charge >= 0.3 is 5.97 Å². The number of rotatable bonds is 3. The molecule has 1 aromatic carbocycles. The van der Waals surface area contributed by atoms with Gasteiger partial charge in [-0.05, 0) is 30.5 Å². The van der Waals surface area contributed by atoms with Crippen LogP contribution in [0.5, 0.6) is 0 Å². The van der Waals surface area contributed by atoms with Crippen molar-refractivity contribution >= 4 is 17.8 Å². The Labute approximate surface area is 117 Å². The second kappa shape index (κ2) is 5.07. The maximum absolute atomic E-state index is 11.9. The topological polar surface area (TPSA) is 72.5 Å². The van der Waals surface area contributed by atoms with Gasteiger partial charge < -0.3 is 4.74 Å². The van der Waals surface area contributed by atoms with E-state index in [2.05, 4.69) is 10.1 Å². The van der Waals surface area contributed by atoms with Crippen molar-refractivity contribution in [1.82, 2.24) is 5.32 Å². The quantitative estimate of drug-likeness (QED) is 0.672. The third-order valence-electron chi connectivity index (χ3n) is 4.09. The summed E-state index contributed by atoms with van der Waals surface area (Å²) in [6.45, 7) is 3.69. The molecule has 2 amide bonds. The molecule has 1 heterocycles. The largest absolute Gasteiger partial charge is 0.465 e. The maximum Gasteiger partial charge on any atom is 0.337 e. The minimum atomic E-state index is -0.746. The van der Waals surface area contributed by atoms with Crippen molar-refractivity contribution in [1.29, 1.82) is 0 Å². The molecule has 1 aliphatic rings. The lowest BCUT2D eigenvalue weighted by molar-refractivity contribution is -0.128. The fourth-order valence-electron chi connectivity index (χ4n) is 2.47. The Bertz CT molecular complexity index is 564. The van der Waals surface area contributed by atoms with Crippen molar-refractivity contribution < 1.29 is 19.1 Å². The summed E-state index contributed by atoms with van der Waals surface area (Å²) in [6.07, 6.45) is 0.186. The molecule has 0 bridgehead atoms. The number of carbonyl (C=O) groups is 3. The lowest BCUT2D eigenvalue weighted by Crippen LogP contribution is -2.33. The van der Waals surface area contributed by atoms with Crippen molar-refractivity contribution in [3.8, 4) is 0 Å². The zero-order valence-corrected chi connectivity index (χ0v) is 11.7. The minimum absolute atomic E-state index is 0.124. The molecular weight excluding hydrogens is 258 g/mol. The molecule has 2 atom stereocenters. The van der Waals surface area contributed by atoms with Crippen LogP contribution in [0.25, 0.3) is 0 Å². The molecule has 0 saturated carbocycles. The Balaban J connectivity index is 2.25. The zero-order valence-electron chi connectivity index (χ0n) is 11.7. The van der Waals surface area contributed by atoms with Crippen LogP contribution in [-0.4, -0.2) is 24.9 Å². The van der Waals surface area contributed by atoms with Gasteiger partial charge in [0.05, 0.1) is 18.1 Å². The highest BCUT2D eigenvalue weighted by molar-refractivity contribution is 6.06. The molecule has 20 heavy (non-hydrogen) atoms. The summed E-state index contributed by atoms with van der Waals surface area (Å²) in [7, 11) is 1.33. The van der Waals surface area contributed by atoms with E-state index >= 15 is 0 Å². The lowest BCUT2D eigenvalue weighted by atomic mass is 9.73. The molecule has 0 spiro atoms. The Kier molecular flexibility index (Phi) is 3.61. The minimum Gasteiger partial charge on any atom is -0.465 e. The number of ether oxygens (including phenoxy) is 1. The van der Waals surface area contributed by atoms with Crippen LogP contribution < -0.4 is 5.32 Å². The molecule has 1 fully saturated rings. The van der Waals surface area contributed by atoms with Gasteiger partial charge in [-0.2, -0.15) is 0 Å². The molecule has 0 radical (unpaired) electrons. The molecule has 1 aromatic rings.